The van der Waals surface area contributed by atoms with E-state index in [-0.39, 0.29) is 17.7 Å². The third kappa shape index (κ3) is 4.90. The van der Waals surface area contributed by atoms with E-state index in [1.165, 1.54) is 25.1 Å². The average Bonchev–Trinajstić information content (AvgIpc) is 2.53. The summed E-state index contributed by atoms with van der Waals surface area (Å²) in [5.74, 6) is -1.61. The molecule has 0 radical (unpaired) electrons. The molecule has 0 aliphatic heterocycles. The lowest BCUT2D eigenvalue weighted by molar-refractivity contribution is -0.274. The minimum Gasteiger partial charge on any atom is -0.462 e. The van der Waals surface area contributed by atoms with Gasteiger partial charge in [-0.3, -0.25) is 0 Å². The molecule has 0 N–H and O–H groups in total. The van der Waals surface area contributed by atoms with Gasteiger partial charge in [0, 0.05) is 0 Å². The first-order valence-corrected chi connectivity index (χ1v) is 7.26. The summed E-state index contributed by atoms with van der Waals surface area (Å²) in [6, 6.07) is 7.29. The SMILES string of the molecule is CCOC(=O)c1ccc(-c2ccc(OC(F)(F)F)cc2)cc1C(F)(F)F. The van der Waals surface area contributed by atoms with Crippen LogP contribution in [0.15, 0.2) is 42.5 Å². The molecule has 0 atom stereocenters. The Morgan fingerprint density at radius 2 is 1.50 bits per heavy atom. The van der Waals surface area contributed by atoms with Gasteiger partial charge in [0.05, 0.1) is 17.7 Å². The van der Waals surface area contributed by atoms with E-state index in [9.17, 15) is 31.1 Å². The molecule has 0 saturated carbocycles. The highest BCUT2D eigenvalue weighted by molar-refractivity contribution is 5.92. The normalized spacial score (nSPS) is 12.0. The van der Waals surface area contributed by atoms with Crippen LogP contribution >= 0.6 is 0 Å². The van der Waals surface area contributed by atoms with Crippen molar-refractivity contribution in [3.05, 3.63) is 53.6 Å². The maximum absolute atomic E-state index is 13.2. The highest BCUT2D eigenvalue weighted by atomic mass is 19.4. The van der Waals surface area contributed by atoms with Gasteiger partial charge in [-0.15, -0.1) is 13.2 Å². The largest absolute Gasteiger partial charge is 0.573 e. The molecule has 3 nitrogen and oxygen atoms in total. The second-order valence-electron chi connectivity index (χ2n) is 5.05. The van der Waals surface area contributed by atoms with Crippen LogP contribution in [0.3, 0.4) is 0 Å². The zero-order valence-electron chi connectivity index (χ0n) is 13.2. The number of carbonyl (C=O) groups is 1. The Labute approximate surface area is 144 Å². The molecule has 0 spiro atoms. The Bertz CT molecular complexity index is 779. The lowest BCUT2D eigenvalue weighted by atomic mass is 9.98. The first-order valence-electron chi connectivity index (χ1n) is 7.26. The summed E-state index contributed by atoms with van der Waals surface area (Å²) in [6.45, 7) is 1.38. The van der Waals surface area contributed by atoms with Gasteiger partial charge in [0.25, 0.3) is 0 Å². The molecule has 0 amide bonds. The molecular weight excluding hydrogens is 366 g/mol. The first-order chi connectivity index (χ1) is 12.0. The van der Waals surface area contributed by atoms with Crippen LogP contribution in [-0.2, 0) is 10.9 Å². The van der Waals surface area contributed by atoms with Crippen molar-refractivity contribution in [1.29, 1.82) is 0 Å². The van der Waals surface area contributed by atoms with Crippen LogP contribution in [0, 0.1) is 0 Å². The molecule has 2 aromatic rings. The molecule has 0 aromatic heterocycles. The number of hydrogen-bond acceptors (Lipinski definition) is 3. The molecule has 140 valence electrons. The number of ether oxygens (including phenoxy) is 2. The van der Waals surface area contributed by atoms with Crippen LogP contribution in [0.4, 0.5) is 26.3 Å². The molecule has 2 aromatic carbocycles. The summed E-state index contributed by atoms with van der Waals surface area (Å²) in [4.78, 5) is 11.7. The second-order valence-corrected chi connectivity index (χ2v) is 5.05. The molecule has 0 saturated heterocycles. The van der Waals surface area contributed by atoms with Crippen LogP contribution in [0.1, 0.15) is 22.8 Å². The Kier molecular flexibility index (Phi) is 5.48. The second kappa shape index (κ2) is 7.27. The van der Waals surface area contributed by atoms with Crippen molar-refractivity contribution < 1.29 is 40.6 Å². The number of carbonyl (C=O) groups excluding carboxylic acids is 1. The predicted molar refractivity (Wildman–Crippen MR) is 79.5 cm³/mol. The molecule has 26 heavy (non-hydrogen) atoms. The van der Waals surface area contributed by atoms with Gasteiger partial charge >= 0.3 is 18.5 Å². The van der Waals surface area contributed by atoms with Crippen LogP contribution < -0.4 is 4.74 Å². The monoisotopic (exact) mass is 378 g/mol. The topological polar surface area (TPSA) is 35.5 Å². The van der Waals surface area contributed by atoms with Gasteiger partial charge in [0.1, 0.15) is 5.75 Å². The van der Waals surface area contributed by atoms with Crippen molar-refractivity contribution in [3.63, 3.8) is 0 Å². The van der Waals surface area contributed by atoms with Gasteiger partial charge in [0.2, 0.25) is 0 Å². The zero-order valence-corrected chi connectivity index (χ0v) is 13.2. The van der Waals surface area contributed by atoms with Crippen molar-refractivity contribution in [2.45, 2.75) is 19.5 Å². The lowest BCUT2D eigenvalue weighted by Gasteiger charge is -2.14. The highest BCUT2D eigenvalue weighted by Gasteiger charge is 2.36. The van der Waals surface area contributed by atoms with Gasteiger partial charge in [-0.25, -0.2) is 4.79 Å². The molecule has 0 aliphatic rings. The number of halogens is 6. The summed E-state index contributed by atoms with van der Waals surface area (Å²) >= 11 is 0. The van der Waals surface area contributed by atoms with E-state index >= 15 is 0 Å². The van der Waals surface area contributed by atoms with E-state index in [2.05, 4.69) is 9.47 Å². The standard InChI is InChI=1S/C17H12F6O3/c1-2-25-15(24)13-8-5-11(9-14(13)16(18,19)20)10-3-6-12(7-4-10)26-17(21,22)23/h3-9H,2H2,1H3. The quantitative estimate of drug-likeness (QED) is 0.524. The molecule has 2 rings (SSSR count). The Hall–Kier alpha value is -2.71. The van der Waals surface area contributed by atoms with E-state index in [1.54, 1.807) is 0 Å². The smallest absolute Gasteiger partial charge is 0.462 e. The Morgan fingerprint density at radius 3 is 2.00 bits per heavy atom. The maximum Gasteiger partial charge on any atom is 0.573 e. The molecule has 0 aliphatic carbocycles. The van der Waals surface area contributed by atoms with E-state index in [4.69, 9.17) is 0 Å². The van der Waals surface area contributed by atoms with Crippen LogP contribution in [0.25, 0.3) is 11.1 Å². The zero-order chi connectivity index (χ0) is 19.5. The number of benzene rings is 2. The van der Waals surface area contributed by atoms with Gasteiger partial charge in [0.15, 0.2) is 0 Å². The molecule has 9 heteroatoms. The average molecular weight is 378 g/mol. The third-order valence-electron chi connectivity index (χ3n) is 3.24. The minimum atomic E-state index is -4.87. The van der Waals surface area contributed by atoms with Crippen LogP contribution in [0.2, 0.25) is 0 Å². The lowest BCUT2D eigenvalue weighted by Crippen LogP contribution is -2.17. The number of hydrogen-bond donors (Lipinski definition) is 0. The fraction of sp³-hybridized carbons (Fsp3) is 0.235. The molecule has 0 unspecified atom stereocenters. The Morgan fingerprint density at radius 1 is 0.923 bits per heavy atom. The van der Waals surface area contributed by atoms with Gasteiger partial charge in [-0.05, 0) is 42.3 Å². The molecule has 0 bridgehead atoms. The van der Waals surface area contributed by atoms with E-state index in [1.807, 2.05) is 0 Å². The summed E-state index contributed by atoms with van der Waals surface area (Å²) in [6.07, 6.45) is -9.68. The molecular formula is C17H12F6O3. The van der Waals surface area contributed by atoms with E-state index in [0.29, 0.717) is 0 Å². The third-order valence-corrected chi connectivity index (χ3v) is 3.24. The minimum absolute atomic E-state index is 0.0731. The summed E-state index contributed by atoms with van der Waals surface area (Å²) in [5.41, 5.74) is -1.53. The van der Waals surface area contributed by atoms with E-state index < -0.39 is 35.4 Å². The fourth-order valence-corrected chi connectivity index (χ4v) is 2.19. The maximum atomic E-state index is 13.2. The van der Waals surface area contributed by atoms with Crippen molar-refractivity contribution in [3.8, 4) is 16.9 Å². The summed E-state index contributed by atoms with van der Waals surface area (Å²) in [5, 5.41) is 0. The number of rotatable bonds is 4. The number of esters is 1. The van der Waals surface area contributed by atoms with Crippen molar-refractivity contribution in [2.24, 2.45) is 0 Å². The van der Waals surface area contributed by atoms with Gasteiger partial charge in [-0.2, -0.15) is 13.2 Å². The Balaban J connectivity index is 2.40. The van der Waals surface area contributed by atoms with Crippen molar-refractivity contribution >= 4 is 5.97 Å². The first kappa shape index (κ1) is 19.6. The van der Waals surface area contributed by atoms with Gasteiger partial charge in [-0.1, -0.05) is 18.2 Å². The van der Waals surface area contributed by atoms with Crippen LogP contribution in [-0.4, -0.2) is 18.9 Å². The summed E-state index contributed by atoms with van der Waals surface area (Å²) < 4.78 is 84.5. The molecule has 0 heterocycles. The van der Waals surface area contributed by atoms with E-state index in [0.717, 1.165) is 24.3 Å². The van der Waals surface area contributed by atoms with Crippen molar-refractivity contribution in [1.82, 2.24) is 0 Å². The molecule has 0 fully saturated rings. The van der Waals surface area contributed by atoms with Gasteiger partial charge < -0.3 is 9.47 Å². The van der Waals surface area contributed by atoms with Crippen LogP contribution in [0.5, 0.6) is 5.75 Å². The number of alkyl halides is 6. The highest BCUT2D eigenvalue weighted by Crippen LogP contribution is 2.36. The summed E-state index contributed by atoms with van der Waals surface area (Å²) in [7, 11) is 0. The fourth-order valence-electron chi connectivity index (χ4n) is 2.19. The van der Waals surface area contributed by atoms with Crippen molar-refractivity contribution in [2.75, 3.05) is 6.61 Å². The predicted octanol–water partition coefficient (Wildman–Crippen LogP) is 5.45.